The van der Waals surface area contributed by atoms with Crippen LogP contribution in [-0.2, 0) is 11.3 Å². The second kappa shape index (κ2) is 8.46. The Balaban J connectivity index is 1.61. The molecule has 0 spiro atoms. The first-order valence-electron chi connectivity index (χ1n) is 7.00. The average molecular weight is 281 g/mol. The molecule has 1 aromatic rings. The van der Waals surface area contributed by atoms with Crippen LogP contribution in [0.2, 0.25) is 0 Å². The number of ether oxygens (including phenoxy) is 2. The Morgan fingerprint density at radius 3 is 2.84 bits per heavy atom. The van der Waals surface area contributed by atoms with Crippen LogP contribution in [0.25, 0.3) is 0 Å². The van der Waals surface area contributed by atoms with Gasteiger partial charge in [0.25, 0.3) is 0 Å². The van der Waals surface area contributed by atoms with Crippen LogP contribution in [-0.4, -0.2) is 30.8 Å². The first-order valence-corrected chi connectivity index (χ1v) is 8.05. The molecule has 0 atom stereocenters. The Labute approximate surface area is 119 Å². The lowest BCUT2D eigenvalue weighted by Crippen LogP contribution is -2.18. The van der Waals surface area contributed by atoms with Crippen LogP contribution in [0.4, 0.5) is 0 Å². The predicted octanol–water partition coefficient (Wildman–Crippen LogP) is 2.83. The summed E-state index contributed by atoms with van der Waals surface area (Å²) in [5.74, 6) is 2.09. The quantitative estimate of drug-likeness (QED) is 0.781. The Bertz CT molecular complexity index is 367. The zero-order valence-corrected chi connectivity index (χ0v) is 12.2. The van der Waals surface area contributed by atoms with Gasteiger partial charge in [-0.3, -0.25) is 0 Å². The average Bonchev–Trinajstić information content (AvgIpc) is 2.48. The maximum Gasteiger partial charge on any atom is 0.123 e. The van der Waals surface area contributed by atoms with Crippen molar-refractivity contribution in [2.24, 2.45) is 5.73 Å². The van der Waals surface area contributed by atoms with Gasteiger partial charge in [-0.2, -0.15) is 11.8 Å². The maximum atomic E-state index is 5.80. The van der Waals surface area contributed by atoms with E-state index in [9.17, 15) is 0 Å². The van der Waals surface area contributed by atoms with Gasteiger partial charge >= 0.3 is 0 Å². The zero-order chi connectivity index (χ0) is 13.3. The second-order valence-corrected chi connectivity index (χ2v) is 6.10. The Kier molecular flexibility index (Phi) is 6.54. The fourth-order valence-electron chi connectivity index (χ4n) is 2.15. The third kappa shape index (κ3) is 5.05. The number of hydrogen-bond donors (Lipinski definition) is 1. The van der Waals surface area contributed by atoms with Gasteiger partial charge in [0, 0.05) is 30.6 Å². The number of rotatable bonds is 7. The first kappa shape index (κ1) is 14.7. The highest BCUT2D eigenvalue weighted by Crippen LogP contribution is 2.23. The van der Waals surface area contributed by atoms with E-state index in [4.69, 9.17) is 15.2 Å². The van der Waals surface area contributed by atoms with Gasteiger partial charge in [-0.05, 0) is 31.1 Å². The van der Waals surface area contributed by atoms with E-state index >= 15 is 0 Å². The summed E-state index contributed by atoms with van der Waals surface area (Å²) in [7, 11) is 0. The Morgan fingerprint density at radius 2 is 2.05 bits per heavy atom. The fraction of sp³-hybridized carbons (Fsp3) is 0.600. The molecule has 1 fully saturated rings. The lowest BCUT2D eigenvalue weighted by molar-refractivity contribution is 0.1000. The molecule has 19 heavy (non-hydrogen) atoms. The van der Waals surface area contributed by atoms with Gasteiger partial charge in [-0.25, -0.2) is 0 Å². The van der Waals surface area contributed by atoms with E-state index in [0.717, 1.165) is 48.6 Å². The molecule has 0 aliphatic carbocycles. The monoisotopic (exact) mass is 281 g/mol. The number of benzene rings is 1. The molecule has 0 radical (unpaired) electrons. The third-order valence-corrected chi connectivity index (χ3v) is 4.73. The van der Waals surface area contributed by atoms with E-state index in [1.54, 1.807) is 0 Å². The van der Waals surface area contributed by atoms with E-state index < -0.39 is 0 Å². The van der Waals surface area contributed by atoms with Crippen molar-refractivity contribution >= 4 is 11.8 Å². The summed E-state index contributed by atoms with van der Waals surface area (Å²) in [5.41, 5.74) is 6.77. The molecule has 0 unspecified atom stereocenters. The molecular weight excluding hydrogens is 258 g/mol. The van der Waals surface area contributed by atoms with Crippen LogP contribution in [0.1, 0.15) is 24.8 Å². The van der Waals surface area contributed by atoms with Crippen molar-refractivity contribution in [3.8, 4) is 5.75 Å². The molecule has 1 aliphatic heterocycles. The van der Waals surface area contributed by atoms with Gasteiger partial charge in [-0.15, -0.1) is 0 Å². The number of nitrogens with two attached hydrogens (primary N) is 1. The minimum absolute atomic E-state index is 0.535. The highest BCUT2D eigenvalue weighted by atomic mass is 32.2. The van der Waals surface area contributed by atoms with Gasteiger partial charge in [0.05, 0.1) is 6.61 Å². The standard InChI is InChI=1S/C15H23NO2S/c16-12-13-4-1-2-5-15(13)18-8-3-11-19-14-6-9-17-10-7-14/h1-2,4-5,14H,3,6-12,16H2. The minimum Gasteiger partial charge on any atom is -0.493 e. The van der Waals surface area contributed by atoms with Crippen molar-refractivity contribution in [3.05, 3.63) is 29.8 Å². The highest BCUT2D eigenvalue weighted by Gasteiger charge is 2.13. The van der Waals surface area contributed by atoms with Crippen molar-refractivity contribution in [1.82, 2.24) is 0 Å². The molecule has 2 rings (SSSR count). The van der Waals surface area contributed by atoms with E-state index in [1.165, 1.54) is 12.8 Å². The number of para-hydroxylation sites is 1. The van der Waals surface area contributed by atoms with Crippen molar-refractivity contribution < 1.29 is 9.47 Å². The fourth-order valence-corrected chi connectivity index (χ4v) is 3.29. The van der Waals surface area contributed by atoms with E-state index in [-0.39, 0.29) is 0 Å². The zero-order valence-electron chi connectivity index (χ0n) is 11.3. The van der Waals surface area contributed by atoms with Crippen LogP contribution < -0.4 is 10.5 Å². The van der Waals surface area contributed by atoms with Crippen molar-refractivity contribution in [2.45, 2.75) is 31.1 Å². The molecule has 4 heteroatoms. The molecule has 0 amide bonds. The normalized spacial score (nSPS) is 16.5. The van der Waals surface area contributed by atoms with E-state index in [0.29, 0.717) is 6.54 Å². The first-order chi connectivity index (χ1) is 9.40. The maximum absolute atomic E-state index is 5.80. The molecule has 3 nitrogen and oxygen atoms in total. The summed E-state index contributed by atoms with van der Waals surface area (Å²) in [5, 5.41) is 0.782. The highest BCUT2D eigenvalue weighted by molar-refractivity contribution is 7.99. The van der Waals surface area contributed by atoms with Crippen LogP contribution >= 0.6 is 11.8 Å². The van der Waals surface area contributed by atoms with E-state index in [2.05, 4.69) is 11.8 Å². The summed E-state index contributed by atoms with van der Waals surface area (Å²) in [6.45, 7) is 3.16. The topological polar surface area (TPSA) is 44.5 Å². The minimum atomic E-state index is 0.535. The molecule has 0 bridgehead atoms. The molecule has 106 valence electrons. The molecular formula is C15H23NO2S. The molecule has 1 aliphatic rings. The Hall–Kier alpha value is -0.710. The van der Waals surface area contributed by atoms with Crippen molar-refractivity contribution in [3.63, 3.8) is 0 Å². The molecule has 0 saturated carbocycles. The van der Waals surface area contributed by atoms with Gasteiger partial charge < -0.3 is 15.2 Å². The summed E-state index contributed by atoms with van der Waals surface area (Å²) in [6, 6.07) is 8.00. The van der Waals surface area contributed by atoms with Crippen molar-refractivity contribution in [2.75, 3.05) is 25.6 Å². The van der Waals surface area contributed by atoms with Gasteiger partial charge in [-0.1, -0.05) is 18.2 Å². The van der Waals surface area contributed by atoms with Gasteiger partial charge in [0.2, 0.25) is 0 Å². The molecule has 1 aromatic carbocycles. The molecule has 1 heterocycles. The van der Waals surface area contributed by atoms with Crippen LogP contribution in [0.3, 0.4) is 0 Å². The molecule has 2 N–H and O–H groups in total. The third-order valence-electron chi connectivity index (χ3n) is 3.26. The predicted molar refractivity (Wildman–Crippen MR) is 80.7 cm³/mol. The smallest absolute Gasteiger partial charge is 0.123 e. The summed E-state index contributed by atoms with van der Waals surface area (Å²) >= 11 is 2.06. The number of thioether (sulfide) groups is 1. The van der Waals surface area contributed by atoms with Crippen LogP contribution in [0.15, 0.2) is 24.3 Å². The van der Waals surface area contributed by atoms with E-state index in [1.807, 2.05) is 24.3 Å². The largest absolute Gasteiger partial charge is 0.493 e. The SMILES string of the molecule is NCc1ccccc1OCCCSC1CCOCC1. The van der Waals surface area contributed by atoms with Crippen LogP contribution in [0.5, 0.6) is 5.75 Å². The lowest BCUT2D eigenvalue weighted by Gasteiger charge is -2.21. The van der Waals surface area contributed by atoms with Gasteiger partial charge in [0.15, 0.2) is 0 Å². The molecule has 1 saturated heterocycles. The Morgan fingerprint density at radius 1 is 1.26 bits per heavy atom. The van der Waals surface area contributed by atoms with Gasteiger partial charge in [0.1, 0.15) is 5.75 Å². The second-order valence-electron chi connectivity index (χ2n) is 4.70. The summed E-state index contributed by atoms with van der Waals surface area (Å²) in [4.78, 5) is 0. The lowest BCUT2D eigenvalue weighted by atomic mass is 10.2. The van der Waals surface area contributed by atoms with Crippen LogP contribution in [0, 0.1) is 0 Å². The van der Waals surface area contributed by atoms with Crippen molar-refractivity contribution in [1.29, 1.82) is 0 Å². The number of hydrogen-bond acceptors (Lipinski definition) is 4. The summed E-state index contributed by atoms with van der Waals surface area (Å²) < 4.78 is 11.2. The summed E-state index contributed by atoms with van der Waals surface area (Å²) in [6.07, 6.45) is 3.48. The molecule has 0 aromatic heterocycles.